The van der Waals surface area contributed by atoms with Gasteiger partial charge in [0.05, 0.1) is 11.8 Å². The molecule has 0 saturated heterocycles. The molecule has 0 radical (unpaired) electrons. The Balaban J connectivity index is 1.43. The van der Waals surface area contributed by atoms with E-state index in [2.05, 4.69) is 16.7 Å². The van der Waals surface area contributed by atoms with Crippen molar-refractivity contribution >= 4 is 17.5 Å². The van der Waals surface area contributed by atoms with E-state index < -0.39 is 0 Å². The van der Waals surface area contributed by atoms with Crippen LogP contribution in [0.25, 0.3) is 0 Å². The van der Waals surface area contributed by atoms with E-state index in [1.54, 1.807) is 0 Å². The van der Waals surface area contributed by atoms with Gasteiger partial charge in [0.1, 0.15) is 0 Å². The number of rotatable bonds is 6. The van der Waals surface area contributed by atoms with Gasteiger partial charge in [0.15, 0.2) is 0 Å². The van der Waals surface area contributed by atoms with Crippen LogP contribution in [0, 0.1) is 25.7 Å². The first kappa shape index (κ1) is 17.7. The molecular weight excluding hydrogens is 312 g/mol. The zero-order chi connectivity index (χ0) is 17.8. The third kappa shape index (κ3) is 4.50. The average Bonchev–Trinajstić information content (AvgIpc) is 3.41. The number of allylic oxidation sites excluding steroid dienone is 1. The molecule has 2 aliphatic rings. The number of hydrogen-bond acceptors (Lipinski definition) is 2. The quantitative estimate of drug-likeness (QED) is 0.772. The summed E-state index contributed by atoms with van der Waals surface area (Å²) in [6, 6.07) is 5.88. The van der Waals surface area contributed by atoms with Crippen LogP contribution in [0.3, 0.4) is 0 Å². The normalized spacial score (nSPS) is 22.1. The van der Waals surface area contributed by atoms with Crippen LogP contribution >= 0.6 is 0 Å². The lowest BCUT2D eigenvalue weighted by Crippen LogP contribution is -2.28. The van der Waals surface area contributed by atoms with Gasteiger partial charge in [0, 0.05) is 12.2 Å². The minimum absolute atomic E-state index is 0.0255. The van der Waals surface area contributed by atoms with Crippen LogP contribution in [0.4, 0.5) is 5.69 Å². The second-order valence-electron chi connectivity index (χ2n) is 7.33. The number of benzene rings is 1. The van der Waals surface area contributed by atoms with E-state index in [1.165, 1.54) is 31.3 Å². The molecule has 1 aromatic rings. The Bertz CT molecular complexity index is 693. The molecule has 1 aromatic carbocycles. The summed E-state index contributed by atoms with van der Waals surface area (Å²) in [6.45, 7) is 4.72. The lowest BCUT2D eigenvalue weighted by atomic mass is 9.97. The van der Waals surface area contributed by atoms with Gasteiger partial charge in [0.25, 0.3) is 0 Å². The molecule has 25 heavy (non-hydrogen) atoms. The topological polar surface area (TPSA) is 58.2 Å². The fourth-order valence-electron chi connectivity index (χ4n) is 3.50. The Hall–Kier alpha value is -2.10. The van der Waals surface area contributed by atoms with Crippen LogP contribution in [0.5, 0.6) is 0 Å². The Morgan fingerprint density at radius 1 is 1.12 bits per heavy atom. The SMILES string of the molecule is Cc1cccc(NC(=O)C2CC2C(=O)NCCC2=CCCCC2)c1C. The molecule has 2 unspecified atom stereocenters. The van der Waals surface area contributed by atoms with Gasteiger partial charge in [-0.25, -0.2) is 0 Å². The van der Waals surface area contributed by atoms with Crippen molar-refractivity contribution < 1.29 is 9.59 Å². The maximum absolute atomic E-state index is 12.4. The van der Waals surface area contributed by atoms with Crippen molar-refractivity contribution in [1.29, 1.82) is 0 Å². The number of hydrogen-bond donors (Lipinski definition) is 2. The highest BCUT2D eigenvalue weighted by Crippen LogP contribution is 2.39. The van der Waals surface area contributed by atoms with Crippen LogP contribution in [-0.2, 0) is 9.59 Å². The Morgan fingerprint density at radius 2 is 1.92 bits per heavy atom. The fourth-order valence-corrected chi connectivity index (χ4v) is 3.50. The first-order chi connectivity index (χ1) is 12.1. The van der Waals surface area contributed by atoms with Crippen LogP contribution < -0.4 is 10.6 Å². The van der Waals surface area contributed by atoms with Crippen molar-refractivity contribution in [2.24, 2.45) is 11.8 Å². The van der Waals surface area contributed by atoms with E-state index in [1.807, 2.05) is 32.0 Å². The molecule has 0 heterocycles. The summed E-state index contributed by atoms with van der Waals surface area (Å²) in [5.41, 5.74) is 4.55. The van der Waals surface area contributed by atoms with E-state index in [4.69, 9.17) is 0 Å². The summed E-state index contributed by atoms with van der Waals surface area (Å²) >= 11 is 0. The zero-order valence-corrected chi connectivity index (χ0v) is 15.2. The maximum Gasteiger partial charge on any atom is 0.228 e. The number of nitrogens with one attached hydrogen (secondary N) is 2. The summed E-state index contributed by atoms with van der Waals surface area (Å²) in [5.74, 6) is -0.361. The van der Waals surface area contributed by atoms with Crippen LogP contribution in [0.2, 0.25) is 0 Å². The van der Waals surface area contributed by atoms with E-state index >= 15 is 0 Å². The van der Waals surface area contributed by atoms with E-state index in [9.17, 15) is 9.59 Å². The standard InChI is InChI=1S/C21H28N2O2/c1-14-7-6-10-19(15(14)2)23-21(25)18-13-17(18)20(24)22-12-11-16-8-4-3-5-9-16/h6-8,10,17-18H,3-5,9,11-13H2,1-2H3,(H,22,24)(H,23,25). The van der Waals surface area contributed by atoms with Gasteiger partial charge in [0.2, 0.25) is 11.8 Å². The Kier molecular flexibility index (Phi) is 5.57. The molecule has 3 rings (SSSR count). The van der Waals surface area contributed by atoms with E-state index in [0.717, 1.165) is 23.2 Å². The minimum atomic E-state index is -0.186. The van der Waals surface area contributed by atoms with Crippen molar-refractivity contribution in [2.45, 2.75) is 52.4 Å². The zero-order valence-electron chi connectivity index (χ0n) is 15.2. The molecule has 1 fully saturated rings. The van der Waals surface area contributed by atoms with Gasteiger partial charge in [-0.3, -0.25) is 9.59 Å². The molecular formula is C21H28N2O2. The first-order valence-electron chi connectivity index (χ1n) is 9.39. The predicted octanol–water partition coefficient (Wildman–Crippen LogP) is 3.88. The van der Waals surface area contributed by atoms with Crippen molar-refractivity contribution in [1.82, 2.24) is 5.32 Å². The van der Waals surface area contributed by atoms with Crippen molar-refractivity contribution in [2.75, 3.05) is 11.9 Å². The van der Waals surface area contributed by atoms with Crippen molar-refractivity contribution in [3.63, 3.8) is 0 Å². The second-order valence-corrected chi connectivity index (χ2v) is 7.33. The molecule has 0 aromatic heterocycles. The summed E-state index contributed by atoms with van der Waals surface area (Å²) in [7, 11) is 0. The first-order valence-corrected chi connectivity index (χ1v) is 9.39. The Morgan fingerprint density at radius 3 is 2.68 bits per heavy atom. The average molecular weight is 340 g/mol. The van der Waals surface area contributed by atoms with Crippen LogP contribution in [-0.4, -0.2) is 18.4 Å². The summed E-state index contributed by atoms with van der Waals surface area (Å²) < 4.78 is 0. The van der Waals surface area contributed by atoms with Crippen LogP contribution in [0.1, 0.15) is 49.7 Å². The van der Waals surface area contributed by atoms with Crippen molar-refractivity contribution in [3.8, 4) is 0 Å². The van der Waals surface area contributed by atoms with Gasteiger partial charge in [-0.2, -0.15) is 0 Å². The molecule has 0 spiro atoms. The lowest BCUT2D eigenvalue weighted by Gasteiger charge is -2.13. The van der Waals surface area contributed by atoms with Crippen LogP contribution in [0.15, 0.2) is 29.8 Å². The molecule has 2 atom stereocenters. The lowest BCUT2D eigenvalue weighted by molar-refractivity contribution is -0.125. The predicted molar refractivity (Wildman–Crippen MR) is 100 cm³/mol. The molecule has 4 heteroatoms. The molecule has 4 nitrogen and oxygen atoms in total. The maximum atomic E-state index is 12.4. The smallest absolute Gasteiger partial charge is 0.228 e. The van der Waals surface area contributed by atoms with Gasteiger partial charge >= 0.3 is 0 Å². The molecule has 2 amide bonds. The molecule has 2 aliphatic carbocycles. The highest BCUT2D eigenvalue weighted by atomic mass is 16.2. The molecule has 0 aliphatic heterocycles. The van der Waals surface area contributed by atoms with Gasteiger partial charge in [-0.05, 0) is 69.6 Å². The Labute approximate surface area is 150 Å². The highest BCUT2D eigenvalue weighted by molar-refractivity contribution is 6.00. The highest BCUT2D eigenvalue weighted by Gasteiger charge is 2.47. The molecule has 0 bridgehead atoms. The monoisotopic (exact) mass is 340 g/mol. The largest absolute Gasteiger partial charge is 0.356 e. The number of carbonyl (C=O) groups excluding carboxylic acids is 2. The minimum Gasteiger partial charge on any atom is -0.356 e. The summed E-state index contributed by atoms with van der Waals surface area (Å²) in [5, 5.41) is 5.98. The van der Waals surface area contributed by atoms with Crippen molar-refractivity contribution in [3.05, 3.63) is 41.0 Å². The van der Waals surface area contributed by atoms with E-state index in [0.29, 0.717) is 13.0 Å². The molecule has 1 saturated carbocycles. The number of amides is 2. The number of carbonyl (C=O) groups is 2. The fraction of sp³-hybridized carbons (Fsp3) is 0.524. The van der Waals surface area contributed by atoms with Gasteiger partial charge < -0.3 is 10.6 Å². The molecule has 134 valence electrons. The molecule has 2 N–H and O–H groups in total. The van der Waals surface area contributed by atoms with E-state index in [-0.39, 0.29) is 23.7 Å². The second kappa shape index (κ2) is 7.85. The number of anilines is 1. The third-order valence-electron chi connectivity index (χ3n) is 5.46. The van der Waals surface area contributed by atoms with Gasteiger partial charge in [-0.15, -0.1) is 0 Å². The van der Waals surface area contributed by atoms with Gasteiger partial charge in [-0.1, -0.05) is 23.8 Å². The summed E-state index contributed by atoms with van der Waals surface area (Å²) in [4.78, 5) is 24.6. The summed E-state index contributed by atoms with van der Waals surface area (Å²) in [6.07, 6.45) is 8.81. The number of aryl methyl sites for hydroxylation is 1. The third-order valence-corrected chi connectivity index (χ3v) is 5.46.